The van der Waals surface area contributed by atoms with E-state index in [-0.39, 0.29) is 5.02 Å². The first-order valence-corrected chi connectivity index (χ1v) is 12.1. The summed E-state index contributed by atoms with van der Waals surface area (Å²) in [5, 5.41) is -0.369. The molecule has 4 atom stereocenters. The van der Waals surface area contributed by atoms with Gasteiger partial charge in [0.05, 0.1) is 0 Å². The Morgan fingerprint density at radius 2 is 1.32 bits per heavy atom. The number of rotatable bonds is 4. The number of fused-ring (bicyclic) bond motifs is 1. The summed E-state index contributed by atoms with van der Waals surface area (Å²) in [6.07, 6.45) is 16.1. The molecule has 0 heterocycles. The van der Waals surface area contributed by atoms with Crippen LogP contribution in [-0.2, 0) is 0 Å². The van der Waals surface area contributed by atoms with Crippen LogP contribution in [0.25, 0.3) is 0 Å². The third-order valence-electron chi connectivity index (χ3n) is 8.39. The monoisotopic (exact) mass is 408 g/mol. The Hall–Kier alpha value is -0.630. The summed E-state index contributed by atoms with van der Waals surface area (Å²) in [7, 11) is 0. The van der Waals surface area contributed by atoms with E-state index in [1.54, 1.807) is 0 Å². The van der Waals surface area contributed by atoms with Gasteiger partial charge in [0, 0.05) is 0 Å². The van der Waals surface area contributed by atoms with E-state index < -0.39 is 11.6 Å². The van der Waals surface area contributed by atoms with Crippen LogP contribution in [0.5, 0.6) is 0 Å². The molecule has 0 saturated heterocycles. The highest BCUT2D eigenvalue weighted by Crippen LogP contribution is 2.51. The van der Waals surface area contributed by atoms with Crippen LogP contribution in [0.15, 0.2) is 12.1 Å². The third-order valence-corrected chi connectivity index (χ3v) is 8.75. The SMILES string of the molecule is CCCC1CCC([C@@H]2CC[C@@H]3C[C@H](c4cc(F)c(Cl)c(F)c4)CC[C@@H]3C2)CC1. The minimum atomic E-state index is -0.610. The van der Waals surface area contributed by atoms with Crippen molar-refractivity contribution in [1.29, 1.82) is 0 Å². The van der Waals surface area contributed by atoms with Crippen LogP contribution in [0, 0.1) is 41.2 Å². The maximum absolute atomic E-state index is 13.9. The molecule has 28 heavy (non-hydrogen) atoms. The Morgan fingerprint density at radius 1 is 0.786 bits per heavy atom. The minimum Gasteiger partial charge on any atom is -0.205 e. The predicted molar refractivity (Wildman–Crippen MR) is 113 cm³/mol. The summed E-state index contributed by atoms with van der Waals surface area (Å²) in [4.78, 5) is 0. The van der Waals surface area contributed by atoms with Gasteiger partial charge >= 0.3 is 0 Å². The Morgan fingerprint density at radius 3 is 1.96 bits per heavy atom. The summed E-state index contributed by atoms with van der Waals surface area (Å²) in [6, 6.07) is 2.94. The highest BCUT2D eigenvalue weighted by Gasteiger charge is 2.39. The van der Waals surface area contributed by atoms with Gasteiger partial charge in [-0.1, -0.05) is 44.2 Å². The van der Waals surface area contributed by atoms with Crippen LogP contribution in [-0.4, -0.2) is 0 Å². The fourth-order valence-corrected chi connectivity index (χ4v) is 6.93. The molecule has 1 aromatic carbocycles. The highest BCUT2D eigenvalue weighted by molar-refractivity contribution is 6.30. The van der Waals surface area contributed by atoms with Crippen molar-refractivity contribution in [1.82, 2.24) is 0 Å². The molecule has 156 valence electrons. The number of halogens is 3. The van der Waals surface area contributed by atoms with Gasteiger partial charge in [0.1, 0.15) is 16.7 Å². The van der Waals surface area contributed by atoms with Crippen molar-refractivity contribution in [2.24, 2.45) is 29.6 Å². The lowest BCUT2D eigenvalue weighted by Crippen LogP contribution is -2.34. The summed E-state index contributed by atoms with van der Waals surface area (Å²) in [6.45, 7) is 2.32. The van der Waals surface area contributed by atoms with Crippen LogP contribution in [0.3, 0.4) is 0 Å². The molecule has 3 aliphatic carbocycles. The van der Waals surface area contributed by atoms with Crippen molar-refractivity contribution < 1.29 is 8.78 Å². The second kappa shape index (κ2) is 9.02. The zero-order valence-electron chi connectivity index (χ0n) is 17.2. The smallest absolute Gasteiger partial charge is 0.145 e. The molecule has 0 bridgehead atoms. The van der Waals surface area contributed by atoms with E-state index in [4.69, 9.17) is 11.6 Å². The van der Waals surface area contributed by atoms with E-state index in [0.717, 1.165) is 48.0 Å². The third kappa shape index (κ3) is 4.42. The zero-order chi connectivity index (χ0) is 19.7. The fourth-order valence-electron chi connectivity index (χ4n) is 6.82. The van der Waals surface area contributed by atoms with Crippen molar-refractivity contribution in [3.05, 3.63) is 34.4 Å². The zero-order valence-corrected chi connectivity index (χ0v) is 18.0. The molecular formula is C25H35ClF2. The Balaban J connectivity index is 1.33. The molecule has 0 aliphatic heterocycles. The maximum atomic E-state index is 13.9. The van der Waals surface area contributed by atoms with E-state index in [1.165, 1.54) is 76.3 Å². The molecule has 3 heteroatoms. The van der Waals surface area contributed by atoms with Crippen LogP contribution in [0.4, 0.5) is 8.78 Å². The second-order valence-electron chi connectivity index (χ2n) is 9.97. The fraction of sp³-hybridized carbons (Fsp3) is 0.760. The average molecular weight is 409 g/mol. The molecule has 0 N–H and O–H groups in total. The predicted octanol–water partition coefficient (Wildman–Crippen LogP) is 8.52. The number of hydrogen-bond donors (Lipinski definition) is 0. The number of hydrogen-bond acceptors (Lipinski definition) is 0. The highest BCUT2D eigenvalue weighted by atomic mass is 35.5. The molecule has 3 saturated carbocycles. The molecule has 0 spiro atoms. The molecule has 3 aliphatic rings. The van der Waals surface area contributed by atoms with Crippen molar-refractivity contribution in [3.8, 4) is 0 Å². The van der Waals surface area contributed by atoms with E-state index >= 15 is 0 Å². The molecule has 0 nitrogen and oxygen atoms in total. The lowest BCUT2D eigenvalue weighted by atomic mass is 9.60. The van der Waals surface area contributed by atoms with Gasteiger partial charge in [-0.05, 0) is 105 Å². The molecule has 0 unspecified atom stereocenters. The van der Waals surface area contributed by atoms with Crippen molar-refractivity contribution in [2.45, 2.75) is 89.9 Å². The van der Waals surface area contributed by atoms with Crippen LogP contribution in [0.1, 0.15) is 95.5 Å². The van der Waals surface area contributed by atoms with Crippen molar-refractivity contribution >= 4 is 11.6 Å². The lowest BCUT2D eigenvalue weighted by Gasteiger charge is -2.45. The van der Waals surface area contributed by atoms with Gasteiger partial charge in [-0.2, -0.15) is 0 Å². The second-order valence-corrected chi connectivity index (χ2v) is 10.3. The van der Waals surface area contributed by atoms with Crippen LogP contribution in [0.2, 0.25) is 5.02 Å². The van der Waals surface area contributed by atoms with Crippen molar-refractivity contribution in [3.63, 3.8) is 0 Å². The molecule has 0 radical (unpaired) electrons. The van der Waals surface area contributed by atoms with Gasteiger partial charge in [0.25, 0.3) is 0 Å². The number of benzene rings is 1. The first-order valence-electron chi connectivity index (χ1n) is 11.7. The first-order chi connectivity index (χ1) is 13.5. The summed E-state index contributed by atoms with van der Waals surface area (Å²) >= 11 is 5.67. The molecule has 4 rings (SSSR count). The van der Waals surface area contributed by atoms with E-state index in [9.17, 15) is 8.78 Å². The van der Waals surface area contributed by atoms with E-state index in [2.05, 4.69) is 6.92 Å². The quantitative estimate of drug-likeness (QED) is 0.438. The normalized spacial score (nSPS) is 36.1. The molecule has 0 amide bonds. The Labute approximate surface area is 174 Å². The van der Waals surface area contributed by atoms with Gasteiger partial charge in [-0.25, -0.2) is 8.78 Å². The summed E-state index contributed by atoms with van der Waals surface area (Å²) in [5.41, 5.74) is 0.814. The topological polar surface area (TPSA) is 0 Å². The van der Waals surface area contributed by atoms with Gasteiger partial charge in [-0.3, -0.25) is 0 Å². The molecular weight excluding hydrogens is 374 g/mol. The molecule has 0 aromatic heterocycles. The Bertz CT molecular complexity index is 642. The maximum Gasteiger partial charge on any atom is 0.145 e. The van der Waals surface area contributed by atoms with Crippen LogP contribution >= 0.6 is 11.6 Å². The van der Waals surface area contributed by atoms with E-state index in [1.807, 2.05) is 0 Å². The van der Waals surface area contributed by atoms with Crippen molar-refractivity contribution in [2.75, 3.05) is 0 Å². The van der Waals surface area contributed by atoms with Gasteiger partial charge < -0.3 is 0 Å². The average Bonchev–Trinajstić information content (AvgIpc) is 2.71. The van der Waals surface area contributed by atoms with Crippen LogP contribution < -0.4 is 0 Å². The minimum absolute atomic E-state index is 0.295. The van der Waals surface area contributed by atoms with Gasteiger partial charge in [-0.15, -0.1) is 0 Å². The van der Waals surface area contributed by atoms with E-state index in [0.29, 0.717) is 5.92 Å². The van der Waals surface area contributed by atoms with Gasteiger partial charge in [0.2, 0.25) is 0 Å². The first kappa shape index (κ1) is 20.6. The van der Waals surface area contributed by atoms with Gasteiger partial charge in [0.15, 0.2) is 0 Å². The standard InChI is InChI=1S/C25H35ClF2/c1-2-3-16-4-6-17(7-5-16)18-8-9-20-13-21(11-10-19(20)12-18)22-14-23(27)25(26)24(28)15-22/h14-21H,2-13H2,1H3/t16?,17?,18-,19-,20-,21-/m1/s1. The largest absolute Gasteiger partial charge is 0.205 e. The lowest BCUT2D eigenvalue weighted by molar-refractivity contribution is 0.0711. The summed E-state index contributed by atoms with van der Waals surface area (Å²) in [5.74, 6) is 3.55. The Kier molecular flexibility index (Phi) is 6.65. The molecule has 1 aromatic rings. The molecule has 3 fully saturated rings. The summed E-state index contributed by atoms with van der Waals surface area (Å²) < 4.78 is 27.8.